The number of nitrogens with one attached hydrogen (secondary N) is 1. The van der Waals surface area contributed by atoms with Crippen LogP contribution in [0.5, 0.6) is 0 Å². The predicted molar refractivity (Wildman–Crippen MR) is 103 cm³/mol. The second kappa shape index (κ2) is 7.01. The van der Waals surface area contributed by atoms with Crippen molar-refractivity contribution in [3.63, 3.8) is 0 Å². The third-order valence-corrected chi connectivity index (χ3v) is 4.93. The maximum absolute atomic E-state index is 13.4. The fourth-order valence-corrected chi connectivity index (χ4v) is 3.55. The Balaban J connectivity index is 1.93. The van der Waals surface area contributed by atoms with E-state index < -0.39 is 29.6 Å². The Morgan fingerprint density at radius 2 is 1.57 bits per heavy atom. The van der Waals surface area contributed by atoms with Crippen molar-refractivity contribution < 1.29 is 22.4 Å². The molecular formula is C21H15F4N3O2. The summed E-state index contributed by atoms with van der Waals surface area (Å²) in [6.07, 6.45) is -4.00. The number of fused-ring (bicyclic) bond motifs is 1. The Labute approximate surface area is 168 Å². The first kappa shape index (κ1) is 19.7. The van der Waals surface area contributed by atoms with Gasteiger partial charge in [0.15, 0.2) is 0 Å². The van der Waals surface area contributed by atoms with E-state index in [1.54, 1.807) is 6.92 Å². The lowest BCUT2D eigenvalue weighted by Gasteiger charge is -2.44. The van der Waals surface area contributed by atoms with Crippen LogP contribution in [0.25, 0.3) is 0 Å². The van der Waals surface area contributed by atoms with Crippen LogP contribution in [0.4, 0.5) is 34.6 Å². The lowest BCUT2D eigenvalue weighted by Crippen LogP contribution is -2.52. The van der Waals surface area contributed by atoms with E-state index in [-0.39, 0.29) is 16.8 Å². The first-order valence-corrected chi connectivity index (χ1v) is 8.95. The van der Waals surface area contributed by atoms with Crippen LogP contribution in [-0.2, 0) is 6.18 Å². The number of pyridine rings is 1. The van der Waals surface area contributed by atoms with Crippen LogP contribution in [0, 0.1) is 5.82 Å². The molecule has 154 valence electrons. The molecule has 4 rings (SSSR count). The molecule has 1 aromatic heterocycles. The normalized spacial score (nSPS) is 16.6. The molecule has 1 amide bonds. The molecular weight excluding hydrogens is 402 g/mol. The molecule has 0 bridgehead atoms. The minimum absolute atomic E-state index is 0.0524. The van der Waals surface area contributed by atoms with Crippen LogP contribution < -0.4 is 15.4 Å². The number of H-pyrrole nitrogens is 1. The number of aromatic amines is 1. The molecule has 1 aliphatic heterocycles. The van der Waals surface area contributed by atoms with Gasteiger partial charge < -0.3 is 9.88 Å². The summed E-state index contributed by atoms with van der Waals surface area (Å²) in [5.74, 6) is -1.02. The Morgan fingerprint density at radius 1 is 0.900 bits per heavy atom. The average Bonchev–Trinajstić information content (AvgIpc) is 2.70. The van der Waals surface area contributed by atoms with Gasteiger partial charge in [-0.1, -0.05) is 0 Å². The zero-order chi connectivity index (χ0) is 21.6. The van der Waals surface area contributed by atoms with E-state index >= 15 is 0 Å². The van der Waals surface area contributed by atoms with Crippen molar-refractivity contribution in [3.8, 4) is 0 Å². The third kappa shape index (κ3) is 3.32. The van der Waals surface area contributed by atoms with E-state index in [9.17, 15) is 27.2 Å². The van der Waals surface area contributed by atoms with E-state index in [1.165, 1.54) is 52.4 Å². The smallest absolute Gasteiger partial charge is 0.327 e. The van der Waals surface area contributed by atoms with E-state index in [4.69, 9.17) is 0 Å². The molecule has 3 aromatic rings. The number of anilines is 3. The van der Waals surface area contributed by atoms with Crippen LogP contribution >= 0.6 is 0 Å². The second-order valence-electron chi connectivity index (χ2n) is 6.79. The zero-order valence-electron chi connectivity index (χ0n) is 15.6. The van der Waals surface area contributed by atoms with Crippen LogP contribution in [0.15, 0.2) is 65.6 Å². The first-order chi connectivity index (χ1) is 14.2. The summed E-state index contributed by atoms with van der Waals surface area (Å²) in [6.45, 7) is 1.63. The van der Waals surface area contributed by atoms with Gasteiger partial charge in [0.1, 0.15) is 12.0 Å². The summed E-state index contributed by atoms with van der Waals surface area (Å²) in [5.41, 5.74) is -0.366. The molecule has 1 aliphatic rings. The van der Waals surface area contributed by atoms with Crippen molar-refractivity contribution in [1.82, 2.24) is 4.98 Å². The summed E-state index contributed by atoms with van der Waals surface area (Å²) in [5, 5.41) is 0. The number of hydrogen-bond donors (Lipinski definition) is 1. The van der Waals surface area contributed by atoms with Gasteiger partial charge in [-0.05, 0) is 55.5 Å². The molecule has 0 aliphatic carbocycles. The highest BCUT2D eigenvalue weighted by molar-refractivity contribution is 6.13. The second-order valence-corrected chi connectivity index (χ2v) is 6.79. The van der Waals surface area contributed by atoms with Crippen molar-refractivity contribution in [3.05, 3.63) is 88.1 Å². The van der Waals surface area contributed by atoms with E-state index in [1.807, 2.05) is 0 Å². The maximum Gasteiger partial charge on any atom is 0.416 e. The number of aromatic nitrogens is 1. The molecule has 0 radical (unpaired) electrons. The number of carbonyl (C=O) groups excluding carboxylic acids is 1. The van der Waals surface area contributed by atoms with Gasteiger partial charge in [0.25, 0.3) is 5.91 Å². The minimum Gasteiger partial charge on any atom is -0.327 e. The van der Waals surface area contributed by atoms with E-state index in [2.05, 4.69) is 4.98 Å². The summed E-state index contributed by atoms with van der Waals surface area (Å²) in [6, 6.07) is 10.8. The standard InChI is InChI=1S/C21H15F4N3O2/c1-12-27(15-5-3-14(22)4-6-15)18-10-13(21(23,24)25)2-8-17(18)20(30)28(12)16-7-9-19(29)26-11-16/h2-12H,1H3,(H,26,29)/t12-/m1/s1. The SMILES string of the molecule is C[C@H]1N(c2ccc(=O)[nH]c2)C(=O)c2ccc(C(F)(F)F)cc2N1c1ccc(F)cc1. The number of benzene rings is 2. The molecule has 30 heavy (non-hydrogen) atoms. The Kier molecular flexibility index (Phi) is 4.60. The van der Waals surface area contributed by atoms with Crippen molar-refractivity contribution in [2.45, 2.75) is 19.3 Å². The van der Waals surface area contributed by atoms with Crippen molar-refractivity contribution in [2.24, 2.45) is 0 Å². The molecule has 0 saturated heterocycles. The molecule has 2 aromatic carbocycles. The Bertz CT molecular complexity index is 1150. The fourth-order valence-electron chi connectivity index (χ4n) is 3.55. The third-order valence-electron chi connectivity index (χ3n) is 4.93. The lowest BCUT2D eigenvalue weighted by molar-refractivity contribution is -0.137. The van der Waals surface area contributed by atoms with Crippen LogP contribution in [-0.4, -0.2) is 17.1 Å². The number of alkyl halides is 3. The number of nitrogens with zero attached hydrogens (tertiary/aromatic N) is 2. The van der Waals surface area contributed by atoms with Gasteiger partial charge in [-0.25, -0.2) is 4.39 Å². The van der Waals surface area contributed by atoms with Crippen molar-refractivity contribution >= 4 is 23.0 Å². The van der Waals surface area contributed by atoms with Crippen LogP contribution in [0.3, 0.4) is 0 Å². The maximum atomic E-state index is 13.4. The Hall–Kier alpha value is -3.62. The molecule has 9 heteroatoms. The van der Waals surface area contributed by atoms with Crippen molar-refractivity contribution in [1.29, 1.82) is 0 Å². The summed E-state index contributed by atoms with van der Waals surface area (Å²) in [4.78, 5) is 29.9. The number of carbonyl (C=O) groups is 1. The molecule has 2 heterocycles. The van der Waals surface area contributed by atoms with Crippen molar-refractivity contribution in [2.75, 3.05) is 9.80 Å². The quantitative estimate of drug-likeness (QED) is 0.617. The number of halogens is 4. The summed E-state index contributed by atoms with van der Waals surface area (Å²) < 4.78 is 53.4. The highest BCUT2D eigenvalue weighted by Crippen LogP contribution is 2.41. The van der Waals surface area contributed by atoms with Crippen LogP contribution in [0.1, 0.15) is 22.8 Å². The molecule has 0 unspecified atom stereocenters. The largest absolute Gasteiger partial charge is 0.416 e. The molecule has 5 nitrogen and oxygen atoms in total. The van der Waals surface area contributed by atoms with Gasteiger partial charge in [0.05, 0.1) is 22.5 Å². The average molecular weight is 417 g/mol. The van der Waals surface area contributed by atoms with E-state index in [0.29, 0.717) is 11.4 Å². The van der Waals surface area contributed by atoms with Gasteiger partial charge in [0, 0.05) is 18.0 Å². The predicted octanol–water partition coefficient (Wildman–Crippen LogP) is 4.68. The molecule has 0 fully saturated rings. The van der Waals surface area contributed by atoms with Gasteiger partial charge in [-0.15, -0.1) is 0 Å². The molecule has 0 spiro atoms. The topological polar surface area (TPSA) is 56.4 Å². The van der Waals surface area contributed by atoms with Gasteiger partial charge in [-0.2, -0.15) is 13.2 Å². The van der Waals surface area contributed by atoms with Gasteiger partial charge in [-0.3, -0.25) is 14.5 Å². The molecule has 0 saturated carbocycles. The number of hydrogen-bond acceptors (Lipinski definition) is 3. The minimum atomic E-state index is -4.59. The Morgan fingerprint density at radius 3 is 2.17 bits per heavy atom. The monoisotopic (exact) mass is 417 g/mol. The number of amides is 1. The summed E-state index contributed by atoms with van der Waals surface area (Å²) >= 11 is 0. The highest BCUT2D eigenvalue weighted by Gasteiger charge is 2.39. The van der Waals surface area contributed by atoms with Gasteiger partial charge >= 0.3 is 6.18 Å². The van der Waals surface area contributed by atoms with Gasteiger partial charge in [0.2, 0.25) is 5.56 Å². The zero-order valence-corrected chi connectivity index (χ0v) is 15.6. The summed E-state index contributed by atoms with van der Waals surface area (Å²) in [7, 11) is 0. The fraction of sp³-hybridized carbons (Fsp3) is 0.143. The van der Waals surface area contributed by atoms with Crippen LogP contribution in [0.2, 0.25) is 0 Å². The molecule has 1 N–H and O–H groups in total. The first-order valence-electron chi connectivity index (χ1n) is 8.95. The lowest BCUT2D eigenvalue weighted by atomic mass is 10.0. The number of rotatable bonds is 2. The highest BCUT2D eigenvalue weighted by atomic mass is 19.4. The van der Waals surface area contributed by atoms with E-state index in [0.717, 1.165) is 18.2 Å². The molecule has 1 atom stereocenters.